The maximum Gasteiger partial charge on any atom is 0.282 e. The number of fused-ring (bicyclic) bond motifs is 1. The van der Waals surface area contributed by atoms with Crippen molar-refractivity contribution < 1.29 is 19.3 Å². The van der Waals surface area contributed by atoms with E-state index in [4.69, 9.17) is 0 Å². The van der Waals surface area contributed by atoms with E-state index in [-0.39, 0.29) is 35.7 Å². The normalized spacial score (nSPS) is 12.7. The predicted octanol–water partition coefficient (Wildman–Crippen LogP) is 5.08. The van der Waals surface area contributed by atoms with Crippen molar-refractivity contribution in [3.05, 3.63) is 74.6 Å². The van der Waals surface area contributed by atoms with Crippen molar-refractivity contribution in [1.29, 1.82) is 0 Å². The summed E-state index contributed by atoms with van der Waals surface area (Å²) in [5, 5.41) is 16.5. The SMILES string of the molecule is CCc1ccc(-c2csc(NC(=O)CCCCCN3C(=O)c4cccc([N+](=O)[O-])c4C3=O)n2)cc1. The van der Waals surface area contributed by atoms with E-state index in [0.717, 1.165) is 22.6 Å². The van der Waals surface area contributed by atoms with E-state index in [9.17, 15) is 24.5 Å². The summed E-state index contributed by atoms with van der Waals surface area (Å²) in [5.74, 6) is -1.31. The molecular formula is C25H24N4O5S. The Morgan fingerprint density at radius 2 is 1.86 bits per heavy atom. The maximum absolute atomic E-state index is 12.6. The number of benzene rings is 2. The van der Waals surface area contributed by atoms with Gasteiger partial charge in [-0.25, -0.2) is 4.98 Å². The number of nitrogens with one attached hydrogen (secondary N) is 1. The number of hydrogen-bond donors (Lipinski definition) is 1. The topological polar surface area (TPSA) is 123 Å². The summed E-state index contributed by atoms with van der Waals surface area (Å²) < 4.78 is 0. The second kappa shape index (κ2) is 10.6. The van der Waals surface area contributed by atoms with E-state index in [1.54, 1.807) is 0 Å². The fraction of sp³-hybridized carbons (Fsp3) is 0.280. The number of aromatic nitrogens is 1. The van der Waals surface area contributed by atoms with E-state index >= 15 is 0 Å². The number of nitrogens with zero attached hydrogens (tertiary/aromatic N) is 3. The number of thiazole rings is 1. The third kappa shape index (κ3) is 5.27. The average molecular weight is 493 g/mol. The molecule has 1 N–H and O–H groups in total. The summed E-state index contributed by atoms with van der Waals surface area (Å²) in [6.07, 6.45) is 2.95. The zero-order valence-electron chi connectivity index (χ0n) is 19.2. The first kappa shape index (κ1) is 24.2. The third-order valence-corrected chi connectivity index (χ3v) is 6.63. The maximum atomic E-state index is 12.6. The van der Waals surface area contributed by atoms with Crippen LogP contribution in [-0.4, -0.2) is 39.1 Å². The van der Waals surface area contributed by atoms with Crippen molar-refractivity contribution in [3.8, 4) is 11.3 Å². The highest BCUT2D eigenvalue weighted by Gasteiger charge is 2.40. The number of amides is 3. The Balaban J connectivity index is 1.22. The third-order valence-electron chi connectivity index (χ3n) is 5.87. The molecule has 1 aliphatic heterocycles. The first-order valence-corrected chi connectivity index (χ1v) is 12.2. The van der Waals surface area contributed by atoms with Gasteiger partial charge in [-0.2, -0.15) is 0 Å². The van der Waals surface area contributed by atoms with Crippen LogP contribution in [-0.2, 0) is 11.2 Å². The van der Waals surface area contributed by atoms with Crippen molar-refractivity contribution in [2.24, 2.45) is 0 Å². The van der Waals surface area contributed by atoms with Gasteiger partial charge in [-0.3, -0.25) is 29.4 Å². The molecule has 2 heterocycles. The number of anilines is 1. The van der Waals surface area contributed by atoms with Crippen molar-refractivity contribution >= 4 is 39.9 Å². The molecule has 0 saturated heterocycles. The minimum absolute atomic E-state index is 0.0627. The number of nitro benzene ring substituents is 1. The number of unbranched alkanes of at least 4 members (excludes halogenated alkanes) is 2. The van der Waals surface area contributed by atoms with Gasteiger partial charge in [-0.1, -0.05) is 43.7 Å². The van der Waals surface area contributed by atoms with Crippen LogP contribution < -0.4 is 5.32 Å². The van der Waals surface area contributed by atoms with Gasteiger partial charge in [0.05, 0.1) is 16.2 Å². The Labute approximate surface area is 205 Å². The lowest BCUT2D eigenvalue weighted by Gasteiger charge is -2.13. The van der Waals surface area contributed by atoms with Crippen molar-refractivity contribution in [2.45, 2.75) is 39.0 Å². The number of aryl methyl sites for hydroxylation is 1. The van der Waals surface area contributed by atoms with Crippen LogP contribution in [0.5, 0.6) is 0 Å². The van der Waals surface area contributed by atoms with Crippen LogP contribution in [0.2, 0.25) is 0 Å². The van der Waals surface area contributed by atoms with Crippen LogP contribution in [0, 0.1) is 10.1 Å². The van der Waals surface area contributed by atoms with Gasteiger partial charge >= 0.3 is 0 Å². The van der Waals surface area contributed by atoms with Crippen LogP contribution in [0.4, 0.5) is 10.8 Å². The quantitative estimate of drug-likeness (QED) is 0.182. The molecule has 3 aromatic rings. The molecule has 1 aromatic heterocycles. The Kier molecular flexibility index (Phi) is 7.31. The Bertz CT molecular complexity index is 1290. The molecule has 4 rings (SSSR count). The van der Waals surface area contributed by atoms with Gasteiger partial charge in [0.1, 0.15) is 5.56 Å². The first-order chi connectivity index (χ1) is 16.9. The minimum Gasteiger partial charge on any atom is -0.302 e. The van der Waals surface area contributed by atoms with Crippen molar-refractivity contribution in [1.82, 2.24) is 9.88 Å². The molecule has 0 bridgehead atoms. The molecule has 0 atom stereocenters. The molecule has 10 heteroatoms. The van der Waals surface area contributed by atoms with E-state index in [2.05, 4.69) is 29.4 Å². The number of hydrogen-bond acceptors (Lipinski definition) is 7. The molecule has 0 spiro atoms. The second-order valence-corrected chi connectivity index (χ2v) is 9.02. The Morgan fingerprint density at radius 1 is 1.09 bits per heavy atom. The molecule has 0 saturated carbocycles. The van der Waals surface area contributed by atoms with Gasteiger partial charge in [0.25, 0.3) is 17.5 Å². The van der Waals surface area contributed by atoms with Crippen LogP contribution in [0.25, 0.3) is 11.3 Å². The summed E-state index contributed by atoms with van der Waals surface area (Å²) in [6.45, 7) is 2.25. The Hall–Kier alpha value is -3.92. The predicted molar refractivity (Wildman–Crippen MR) is 132 cm³/mol. The molecule has 0 aliphatic carbocycles. The summed E-state index contributed by atoms with van der Waals surface area (Å²) in [6, 6.07) is 12.2. The van der Waals surface area contributed by atoms with E-state index < -0.39 is 16.7 Å². The molecule has 0 radical (unpaired) electrons. The lowest BCUT2D eigenvalue weighted by molar-refractivity contribution is -0.385. The molecule has 9 nitrogen and oxygen atoms in total. The highest BCUT2D eigenvalue weighted by molar-refractivity contribution is 7.14. The molecule has 180 valence electrons. The van der Waals surface area contributed by atoms with Gasteiger partial charge in [0, 0.05) is 30.0 Å². The summed E-state index contributed by atoms with van der Waals surface area (Å²) in [5.41, 5.74) is 2.62. The smallest absolute Gasteiger partial charge is 0.282 e. The molecule has 3 amide bonds. The van der Waals surface area contributed by atoms with Gasteiger partial charge in [-0.05, 0) is 30.9 Å². The van der Waals surface area contributed by atoms with Crippen LogP contribution in [0.1, 0.15) is 58.9 Å². The van der Waals surface area contributed by atoms with Gasteiger partial charge in [-0.15, -0.1) is 11.3 Å². The average Bonchev–Trinajstić information content (AvgIpc) is 3.42. The van der Waals surface area contributed by atoms with Gasteiger partial charge < -0.3 is 5.32 Å². The molecular weight excluding hydrogens is 468 g/mol. The standard InChI is InChI=1S/C25H24N4O5S/c1-2-16-10-12-17(13-11-16)19-15-35-25(26-19)27-21(30)9-4-3-5-14-28-23(31)18-7-6-8-20(29(33)34)22(18)24(28)32/h6-8,10-13,15H,2-5,9,14H2,1H3,(H,26,27,30). The van der Waals surface area contributed by atoms with Gasteiger partial charge in [0.15, 0.2) is 5.13 Å². The fourth-order valence-electron chi connectivity index (χ4n) is 3.96. The van der Waals surface area contributed by atoms with Crippen LogP contribution >= 0.6 is 11.3 Å². The van der Waals surface area contributed by atoms with E-state index in [0.29, 0.717) is 24.4 Å². The second-order valence-electron chi connectivity index (χ2n) is 8.17. The molecule has 2 aromatic carbocycles. The van der Waals surface area contributed by atoms with Crippen molar-refractivity contribution in [3.63, 3.8) is 0 Å². The fourth-order valence-corrected chi connectivity index (χ4v) is 4.70. The number of carbonyl (C=O) groups excluding carboxylic acids is 3. The minimum atomic E-state index is -0.653. The first-order valence-electron chi connectivity index (χ1n) is 11.4. The van der Waals surface area contributed by atoms with Crippen LogP contribution in [0.15, 0.2) is 47.8 Å². The zero-order chi connectivity index (χ0) is 24.9. The molecule has 35 heavy (non-hydrogen) atoms. The summed E-state index contributed by atoms with van der Waals surface area (Å²) in [4.78, 5) is 53.4. The van der Waals surface area contributed by atoms with E-state index in [1.165, 1.54) is 35.1 Å². The highest BCUT2D eigenvalue weighted by atomic mass is 32.1. The molecule has 1 aliphatic rings. The molecule has 0 fully saturated rings. The largest absolute Gasteiger partial charge is 0.302 e. The zero-order valence-corrected chi connectivity index (χ0v) is 20.0. The molecule has 0 unspecified atom stereocenters. The lowest BCUT2D eigenvalue weighted by Crippen LogP contribution is -2.30. The van der Waals surface area contributed by atoms with Crippen molar-refractivity contribution in [2.75, 3.05) is 11.9 Å². The number of imide groups is 1. The monoisotopic (exact) mass is 492 g/mol. The summed E-state index contributed by atoms with van der Waals surface area (Å²) in [7, 11) is 0. The highest BCUT2D eigenvalue weighted by Crippen LogP contribution is 2.31. The summed E-state index contributed by atoms with van der Waals surface area (Å²) >= 11 is 1.37. The number of rotatable bonds is 10. The Morgan fingerprint density at radius 3 is 2.57 bits per heavy atom. The van der Waals surface area contributed by atoms with Gasteiger partial charge in [0.2, 0.25) is 5.91 Å². The van der Waals surface area contributed by atoms with Crippen LogP contribution in [0.3, 0.4) is 0 Å². The van der Waals surface area contributed by atoms with E-state index in [1.807, 2.05) is 17.5 Å². The lowest BCUT2D eigenvalue weighted by atomic mass is 10.1. The number of nitro groups is 1. The number of carbonyl (C=O) groups is 3.